The second kappa shape index (κ2) is 10.8. The highest BCUT2D eigenvalue weighted by molar-refractivity contribution is 7.99. The van der Waals surface area contributed by atoms with Crippen LogP contribution in [0, 0.1) is 0 Å². The van der Waals surface area contributed by atoms with Crippen molar-refractivity contribution in [2.75, 3.05) is 20.0 Å². The molecule has 0 saturated heterocycles. The molecule has 1 heterocycles. The van der Waals surface area contributed by atoms with Gasteiger partial charge in [-0.15, -0.1) is 10.2 Å². The fourth-order valence-corrected chi connectivity index (χ4v) is 3.76. The third kappa shape index (κ3) is 5.56. The predicted molar refractivity (Wildman–Crippen MR) is 122 cm³/mol. The first-order valence-corrected chi connectivity index (χ1v) is 10.8. The van der Waals surface area contributed by atoms with Gasteiger partial charge >= 0.3 is 0 Å². The van der Waals surface area contributed by atoms with Crippen molar-refractivity contribution < 1.29 is 14.3 Å². The molecule has 1 aromatic heterocycles. The zero-order valence-corrected chi connectivity index (χ0v) is 18.9. The molecule has 0 bridgehead atoms. The third-order valence-corrected chi connectivity index (χ3v) is 5.51. The molecule has 1 amide bonds. The number of halogens is 1. The minimum absolute atomic E-state index is 0.144. The number of nitrogens with zero attached hydrogens (tertiary/aromatic N) is 4. The maximum atomic E-state index is 12.2. The van der Waals surface area contributed by atoms with E-state index in [2.05, 4.69) is 20.7 Å². The summed E-state index contributed by atoms with van der Waals surface area (Å²) in [6.45, 7) is 2.67. The molecule has 0 fully saturated rings. The Bertz CT molecular complexity index is 1070. The highest BCUT2D eigenvalue weighted by Gasteiger charge is 2.14. The van der Waals surface area contributed by atoms with Crippen molar-refractivity contribution in [2.24, 2.45) is 5.10 Å². The topological polar surface area (TPSA) is 90.6 Å². The Morgan fingerprint density at radius 2 is 1.97 bits per heavy atom. The quantitative estimate of drug-likeness (QED) is 0.296. The lowest BCUT2D eigenvalue weighted by Crippen LogP contribution is -2.20. The molecule has 162 valence electrons. The lowest BCUT2D eigenvalue weighted by Gasteiger charge is -2.09. The van der Waals surface area contributed by atoms with Crippen LogP contribution in [-0.2, 0) is 11.3 Å². The Labute approximate surface area is 189 Å². The van der Waals surface area contributed by atoms with E-state index in [0.717, 1.165) is 11.4 Å². The smallest absolute Gasteiger partial charge is 0.250 e. The highest BCUT2D eigenvalue weighted by Crippen LogP contribution is 2.29. The number of ether oxygens (including phenoxy) is 2. The van der Waals surface area contributed by atoms with Gasteiger partial charge in [0.15, 0.2) is 22.5 Å². The fourth-order valence-electron chi connectivity index (χ4n) is 2.84. The molecule has 0 saturated carbocycles. The van der Waals surface area contributed by atoms with Crippen molar-refractivity contribution >= 4 is 35.5 Å². The van der Waals surface area contributed by atoms with Crippen molar-refractivity contribution in [3.63, 3.8) is 0 Å². The van der Waals surface area contributed by atoms with E-state index in [1.54, 1.807) is 32.4 Å². The minimum atomic E-state index is -0.262. The van der Waals surface area contributed by atoms with Gasteiger partial charge in [0, 0.05) is 22.7 Å². The standard InChI is InChI=1S/C21H22ClN5O3S/c1-4-27-20(14-8-10-16(22)11-9-14)25-26-21(27)31-13-18(28)24-23-12-15-6-5-7-17(29-2)19(15)30-3/h5-12H,4,13H2,1-3H3,(H,24,28). The summed E-state index contributed by atoms with van der Waals surface area (Å²) in [5, 5.41) is 13.8. The SMILES string of the molecule is CCn1c(SCC(=O)NN=Cc2cccc(OC)c2OC)nnc1-c1ccc(Cl)cc1. The van der Waals surface area contributed by atoms with Crippen LogP contribution in [0.15, 0.2) is 52.7 Å². The van der Waals surface area contributed by atoms with E-state index < -0.39 is 0 Å². The number of carbonyl (C=O) groups excluding carboxylic acids is 1. The Hall–Kier alpha value is -3.04. The molecule has 0 spiro atoms. The molecule has 3 aromatic rings. The summed E-state index contributed by atoms with van der Waals surface area (Å²) in [5.41, 5.74) is 4.11. The van der Waals surface area contributed by atoms with Crippen LogP contribution in [0.1, 0.15) is 12.5 Å². The highest BCUT2D eigenvalue weighted by atomic mass is 35.5. The molecule has 0 aliphatic carbocycles. The van der Waals surface area contributed by atoms with Crippen LogP contribution in [0.3, 0.4) is 0 Å². The lowest BCUT2D eigenvalue weighted by molar-refractivity contribution is -0.118. The number of hydrazone groups is 1. The number of nitrogens with one attached hydrogen (secondary N) is 1. The zero-order valence-electron chi connectivity index (χ0n) is 17.3. The van der Waals surface area contributed by atoms with Gasteiger partial charge in [0.1, 0.15) is 0 Å². The summed E-state index contributed by atoms with van der Waals surface area (Å²) in [5.74, 6) is 1.74. The normalized spacial score (nSPS) is 11.0. The van der Waals surface area contributed by atoms with Crippen LogP contribution in [-0.4, -0.2) is 46.9 Å². The number of hydrogen-bond donors (Lipinski definition) is 1. The molecule has 0 aliphatic rings. The van der Waals surface area contributed by atoms with Gasteiger partial charge in [0.05, 0.1) is 26.2 Å². The minimum Gasteiger partial charge on any atom is -0.493 e. The van der Waals surface area contributed by atoms with Gasteiger partial charge in [-0.3, -0.25) is 4.79 Å². The van der Waals surface area contributed by atoms with Gasteiger partial charge in [-0.25, -0.2) is 5.43 Å². The number of thioether (sulfide) groups is 1. The summed E-state index contributed by atoms with van der Waals surface area (Å²) < 4.78 is 12.5. The van der Waals surface area contributed by atoms with E-state index in [4.69, 9.17) is 21.1 Å². The van der Waals surface area contributed by atoms with E-state index in [1.165, 1.54) is 18.0 Å². The van der Waals surface area contributed by atoms with Crippen LogP contribution >= 0.6 is 23.4 Å². The van der Waals surface area contributed by atoms with Gasteiger partial charge < -0.3 is 14.0 Å². The number of methoxy groups -OCH3 is 2. The van der Waals surface area contributed by atoms with E-state index in [1.807, 2.05) is 35.8 Å². The van der Waals surface area contributed by atoms with Gasteiger partial charge in [-0.05, 0) is 43.3 Å². The Morgan fingerprint density at radius 3 is 2.65 bits per heavy atom. The molecule has 2 aromatic carbocycles. The first-order valence-electron chi connectivity index (χ1n) is 9.42. The number of amides is 1. The molecule has 0 atom stereocenters. The van der Waals surface area contributed by atoms with Crippen molar-refractivity contribution in [3.05, 3.63) is 53.1 Å². The molecule has 31 heavy (non-hydrogen) atoms. The van der Waals surface area contributed by atoms with Gasteiger partial charge in [0.2, 0.25) is 0 Å². The van der Waals surface area contributed by atoms with E-state index in [-0.39, 0.29) is 11.7 Å². The summed E-state index contributed by atoms with van der Waals surface area (Å²) in [6.07, 6.45) is 1.51. The van der Waals surface area contributed by atoms with Gasteiger partial charge in [0.25, 0.3) is 5.91 Å². The number of carbonyl (C=O) groups is 1. The second-order valence-electron chi connectivity index (χ2n) is 6.22. The Morgan fingerprint density at radius 1 is 1.19 bits per heavy atom. The van der Waals surface area contributed by atoms with Gasteiger partial charge in [-0.1, -0.05) is 29.4 Å². The van der Waals surface area contributed by atoms with Crippen molar-refractivity contribution in [3.8, 4) is 22.9 Å². The van der Waals surface area contributed by atoms with Crippen molar-refractivity contribution in [2.45, 2.75) is 18.6 Å². The Kier molecular flexibility index (Phi) is 7.91. The van der Waals surface area contributed by atoms with Crippen LogP contribution in [0.4, 0.5) is 0 Å². The summed E-state index contributed by atoms with van der Waals surface area (Å²) in [7, 11) is 3.11. The van der Waals surface area contributed by atoms with Gasteiger partial charge in [-0.2, -0.15) is 5.10 Å². The molecule has 10 heteroatoms. The maximum absolute atomic E-state index is 12.2. The second-order valence-corrected chi connectivity index (χ2v) is 7.60. The van der Waals surface area contributed by atoms with Crippen LogP contribution in [0.5, 0.6) is 11.5 Å². The third-order valence-electron chi connectivity index (χ3n) is 4.29. The molecule has 1 N–H and O–H groups in total. The zero-order chi connectivity index (χ0) is 22.2. The largest absolute Gasteiger partial charge is 0.493 e. The summed E-state index contributed by atoms with van der Waals surface area (Å²) >= 11 is 7.25. The number of aromatic nitrogens is 3. The van der Waals surface area contributed by atoms with Crippen molar-refractivity contribution in [1.29, 1.82) is 0 Å². The average molecular weight is 460 g/mol. The van der Waals surface area contributed by atoms with Crippen LogP contribution in [0.25, 0.3) is 11.4 Å². The number of benzene rings is 2. The van der Waals surface area contributed by atoms with E-state index >= 15 is 0 Å². The molecule has 3 rings (SSSR count). The molecule has 0 aliphatic heterocycles. The number of para-hydroxylation sites is 1. The fraction of sp³-hybridized carbons (Fsp3) is 0.238. The molecule has 0 unspecified atom stereocenters. The Balaban J connectivity index is 1.62. The molecular formula is C21H22ClN5O3S. The lowest BCUT2D eigenvalue weighted by atomic mass is 10.2. The molecule has 0 radical (unpaired) electrons. The maximum Gasteiger partial charge on any atom is 0.250 e. The average Bonchev–Trinajstić information content (AvgIpc) is 3.20. The van der Waals surface area contributed by atoms with Crippen LogP contribution in [0.2, 0.25) is 5.02 Å². The molecule has 8 nitrogen and oxygen atoms in total. The van der Waals surface area contributed by atoms with Crippen LogP contribution < -0.4 is 14.9 Å². The summed E-state index contributed by atoms with van der Waals surface area (Å²) in [6, 6.07) is 12.8. The number of rotatable bonds is 9. The molecular weight excluding hydrogens is 438 g/mol. The predicted octanol–water partition coefficient (Wildman–Crippen LogP) is 3.88. The summed E-state index contributed by atoms with van der Waals surface area (Å²) in [4.78, 5) is 12.2. The monoisotopic (exact) mass is 459 g/mol. The first kappa shape index (κ1) is 22.6. The number of hydrogen-bond acceptors (Lipinski definition) is 7. The first-order chi connectivity index (χ1) is 15.1. The van der Waals surface area contributed by atoms with E-state index in [9.17, 15) is 4.79 Å². The van der Waals surface area contributed by atoms with E-state index in [0.29, 0.717) is 33.8 Å². The van der Waals surface area contributed by atoms with Crippen molar-refractivity contribution in [1.82, 2.24) is 20.2 Å².